The van der Waals surface area contributed by atoms with Gasteiger partial charge in [-0.05, 0) is 61.6 Å². The number of hydrogen-bond donors (Lipinski definition) is 1. The van der Waals surface area contributed by atoms with Crippen LogP contribution in [0, 0.1) is 12.8 Å². The minimum Gasteiger partial charge on any atom is -0.370 e. The van der Waals surface area contributed by atoms with Crippen LogP contribution in [-0.4, -0.2) is 24.0 Å². The van der Waals surface area contributed by atoms with Crippen LogP contribution in [0.2, 0.25) is 0 Å². The van der Waals surface area contributed by atoms with E-state index < -0.39 is 0 Å². The van der Waals surface area contributed by atoms with E-state index >= 15 is 0 Å². The molecule has 0 saturated carbocycles. The molecule has 2 aromatic rings. The topological polar surface area (TPSA) is 45.2 Å². The number of aryl methyl sites for hydroxylation is 1. The van der Waals surface area contributed by atoms with Crippen molar-refractivity contribution < 1.29 is 4.79 Å². The van der Waals surface area contributed by atoms with Crippen LogP contribution < -0.4 is 10.2 Å². The lowest BCUT2D eigenvalue weighted by Crippen LogP contribution is -2.32. The second kappa shape index (κ2) is 7.34. The second-order valence-electron chi connectivity index (χ2n) is 6.48. The van der Waals surface area contributed by atoms with Gasteiger partial charge in [0.15, 0.2) is 0 Å². The maximum absolute atomic E-state index is 12.4. The number of benzene rings is 1. The van der Waals surface area contributed by atoms with Crippen molar-refractivity contribution in [2.75, 3.05) is 23.3 Å². The van der Waals surface area contributed by atoms with Crippen LogP contribution in [0.25, 0.3) is 0 Å². The first-order chi connectivity index (χ1) is 11.5. The molecule has 1 N–H and O–H groups in total. The molecule has 126 valence electrons. The molecule has 0 spiro atoms. The van der Waals surface area contributed by atoms with Gasteiger partial charge in [0.1, 0.15) is 5.69 Å². The number of halogens is 1. The molecule has 1 aromatic carbocycles. The number of nitrogens with zero attached hydrogens (tertiary/aromatic N) is 2. The first-order valence-electron chi connectivity index (χ1n) is 8.31. The van der Waals surface area contributed by atoms with Gasteiger partial charge in [-0.15, -0.1) is 0 Å². The number of anilines is 2. The lowest BCUT2D eigenvalue weighted by Gasteiger charge is -2.31. The third-order valence-corrected chi connectivity index (χ3v) is 5.06. The molecule has 0 aliphatic carbocycles. The molecule has 0 atom stereocenters. The Hall–Kier alpha value is -1.88. The van der Waals surface area contributed by atoms with Crippen molar-refractivity contribution >= 4 is 33.2 Å². The largest absolute Gasteiger partial charge is 0.370 e. The van der Waals surface area contributed by atoms with Crippen LogP contribution in [0.3, 0.4) is 0 Å². The van der Waals surface area contributed by atoms with Gasteiger partial charge in [0, 0.05) is 23.2 Å². The molecule has 1 aliphatic rings. The third-order valence-electron chi connectivity index (χ3n) is 4.57. The summed E-state index contributed by atoms with van der Waals surface area (Å²) in [6.45, 7) is 6.39. The van der Waals surface area contributed by atoms with Crippen molar-refractivity contribution in [3.05, 3.63) is 52.3 Å². The zero-order chi connectivity index (χ0) is 17.1. The van der Waals surface area contributed by atoms with Gasteiger partial charge in [-0.3, -0.25) is 4.79 Å². The van der Waals surface area contributed by atoms with Crippen LogP contribution in [-0.2, 0) is 0 Å². The molecule has 24 heavy (non-hydrogen) atoms. The number of hydrogen-bond acceptors (Lipinski definition) is 3. The average molecular weight is 388 g/mol. The third kappa shape index (κ3) is 3.96. The van der Waals surface area contributed by atoms with Crippen molar-refractivity contribution in [3.8, 4) is 0 Å². The maximum Gasteiger partial charge on any atom is 0.274 e. The summed E-state index contributed by atoms with van der Waals surface area (Å²) in [5.74, 6) is 0.618. The predicted molar refractivity (Wildman–Crippen MR) is 102 cm³/mol. The zero-order valence-corrected chi connectivity index (χ0v) is 15.6. The molecule has 4 nitrogen and oxygen atoms in total. The van der Waals surface area contributed by atoms with Gasteiger partial charge in [0.25, 0.3) is 5.91 Å². The molecule has 0 radical (unpaired) electrons. The van der Waals surface area contributed by atoms with E-state index in [-0.39, 0.29) is 5.91 Å². The molecule has 1 aliphatic heterocycles. The number of piperidine rings is 1. The van der Waals surface area contributed by atoms with Gasteiger partial charge in [-0.2, -0.15) is 0 Å². The van der Waals surface area contributed by atoms with Crippen LogP contribution in [0.5, 0.6) is 0 Å². The number of amides is 1. The Morgan fingerprint density at radius 1 is 1.25 bits per heavy atom. The molecule has 2 heterocycles. The maximum atomic E-state index is 12.4. The fourth-order valence-electron chi connectivity index (χ4n) is 2.93. The van der Waals surface area contributed by atoms with Gasteiger partial charge < -0.3 is 10.2 Å². The van der Waals surface area contributed by atoms with E-state index in [0.717, 1.165) is 40.4 Å². The molecule has 1 fully saturated rings. The molecule has 1 amide bonds. The molecule has 0 bridgehead atoms. The molecule has 0 unspecified atom stereocenters. The van der Waals surface area contributed by atoms with E-state index in [0.29, 0.717) is 5.69 Å². The minimum atomic E-state index is -0.181. The minimum absolute atomic E-state index is 0.181. The predicted octanol–water partition coefficient (Wildman–Crippen LogP) is 4.64. The van der Waals surface area contributed by atoms with Crippen LogP contribution in [0.1, 0.15) is 35.8 Å². The molecular weight excluding hydrogens is 366 g/mol. The fraction of sp³-hybridized carbons (Fsp3) is 0.368. The number of pyridine rings is 1. The van der Waals surface area contributed by atoms with Gasteiger partial charge in [-0.25, -0.2) is 4.98 Å². The van der Waals surface area contributed by atoms with Crippen molar-refractivity contribution in [2.45, 2.75) is 26.7 Å². The standard InChI is InChI=1S/C19H22BrN3O/c1-13-7-9-23(10-8-13)16-4-6-18(21-12-16)19(24)22-17-5-3-15(20)11-14(17)2/h3-6,11-13H,7-10H2,1-2H3,(H,22,24). The summed E-state index contributed by atoms with van der Waals surface area (Å²) >= 11 is 3.43. The zero-order valence-electron chi connectivity index (χ0n) is 14.1. The first-order valence-corrected chi connectivity index (χ1v) is 9.11. The Morgan fingerprint density at radius 2 is 2.00 bits per heavy atom. The number of carbonyl (C=O) groups is 1. The van der Waals surface area contributed by atoms with Gasteiger partial charge in [0.05, 0.1) is 11.9 Å². The Kier molecular flexibility index (Phi) is 5.19. The van der Waals surface area contributed by atoms with E-state index in [9.17, 15) is 4.79 Å². The van der Waals surface area contributed by atoms with E-state index in [1.54, 1.807) is 12.3 Å². The molecule has 3 rings (SSSR count). The van der Waals surface area contributed by atoms with E-state index in [1.807, 2.05) is 31.2 Å². The van der Waals surface area contributed by atoms with E-state index in [1.165, 1.54) is 12.8 Å². The number of rotatable bonds is 3. The lowest BCUT2D eigenvalue weighted by molar-refractivity contribution is 0.102. The van der Waals surface area contributed by atoms with Gasteiger partial charge in [-0.1, -0.05) is 22.9 Å². The van der Waals surface area contributed by atoms with Crippen LogP contribution in [0.4, 0.5) is 11.4 Å². The van der Waals surface area contributed by atoms with E-state index in [4.69, 9.17) is 0 Å². The highest BCUT2D eigenvalue weighted by atomic mass is 79.9. The van der Waals surface area contributed by atoms with Crippen LogP contribution >= 0.6 is 15.9 Å². The van der Waals surface area contributed by atoms with Gasteiger partial charge in [0.2, 0.25) is 0 Å². The van der Waals surface area contributed by atoms with E-state index in [2.05, 4.69) is 38.1 Å². The second-order valence-corrected chi connectivity index (χ2v) is 7.40. The summed E-state index contributed by atoms with van der Waals surface area (Å²) in [5, 5.41) is 2.92. The SMILES string of the molecule is Cc1cc(Br)ccc1NC(=O)c1ccc(N2CCC(C)CC2)cn1. The van der Waals surface area contributed by atoms with Gasteiger partial charge >= 0.3 is 0 Å². The normalized spacial score (nSPS) is 15.4. The number of nitrogens with one attached hydrogen (secondary N) is 1. The molecule has 5 heteroatoms. The monoisotopic (exact) mass is 387 g/mol. The number of aromatic nitrogens is 1. The van der Waals surface area contributed by atoms with Crippen molar-refractivity contribution in [2.24, 2.45) is 5.92 Å². The summed E-state index contributed by atoms with van der Waals surface area (Å²) in [4.78, 5) is 19.1. The molecule has 1 aromatic heterocycles. The molecule has 1 saturated heterocycles. The smallest absolute Gasteiger partial charge is 0.274 e. The highest BCUT2D eigenvalue weighted by Crippen LogP contribution is 2.23. The Balaban J connectivity index is 1.67. The summed E-state index contributed by atoms with van der Waals surface area (Å²) in [5.41, 5.74) is 3.35. The Morgan fingerprint density at radius 3 is 2.62 bits per heavy atom. The summed E-state index contributed by atoms with van der Waals surface area (Å²) < 4.78 is 0.997. The highest BCUT2D eigenvalue weighted by molar-refractivity contribution is 9.10. The van der Waals surface area contributed by atoms with Crippen molar-refractivity contribution in [1.82, 2.24) is 4.98 Å². The quantitative estimate of drug-likeness (QED) is 0.833. The van der Waals surface area contributed by atoms with Crippen molar-refractivity contribution in [1.29, 1.82) is 0 Å². The summed E-state index contributed by atoms with van der Waals surface area (Å²) in [6, 6.07) is 9.57. The Bertz CT molecular complexity index is 722. The van der Waals surface area contributed by atoms with Crippen molar-refractivity contribution in [3.63, 3.8) is 0 Å². The summed E-state index contributed by atoms with van der Waals surface area (Å²) in [6.07, 6.45) is 4.23. The highest BCUT2D eigenvalue weighted by Gasteiger charge is 2.17. The van der Waals surface area contributed by atoms with Crippen LogP contribution in [0.15, 0.2) is 41.0 Å². The summed E-state index contributed by atoms with van der Waals surface area (Å²) in [7, 11) is 0. The molecular formula is C19H22BrN3O. The first kappa shape index (κ1) is 17.0. The lowest BCUT2D eigenvalue weighted by atomic mass is 9.99. The Labute approximate surface area is 151 Å². The average Bonchev–Trinajstić information content (AvgIpc) is 2.58. The number of carbonyl (C=O) groups excluding carboxylic acids is 1. The fourth-order valence-corrected chi connectivity index (χ4v) is 3.40.